The van der Waals surface area contributed by atoms with Crippen molar-refractivity contribution in [2.45, 2.75) is 20.5 Å². The summed E-state index contributed by atoms with van der Waals surface area (Å²) >= 11 is 0. The Bertz CT molecular complexity index is 913. The highest BCUT2D eigenvalue weighted by molar-refractivity contribution is 6.05. The average molecular weight is 448 g/mol. The maximum atomic E-state index is 12.7. The van der Waals surface area contributed by atoms with Crippen molar-refractivity contribution in [3.05, 3.63) is 65.4 Å². The van der Waals surface area contributed by atoms with Crippen molar-refractivity contribution >= 4 is 17.9 Å². The molecular weight excluding hydrogens is 422 g/mol. The third-order valence-corrected chi connectivity index (χ3v) is 4.01. The molecule has 0 aliphatic carbocycles. The van der Waals surface area contributed by atoms with Gasteiger partial charge in [-0.3, -0.25) is 9.59 Å². The molecule has 9 heteroatoms. The molecule has 32 heavy (non-hydrogen) atoms. The van der Waals surface area contributed by atoms with Crippen molar-refractivity contribution in [1.29, 1.82) is 0 Å². The number of carbonyl (C=O) groups excluding carboxylic acids is 2. The van der Waals surface area contributed by atoms with Crippen LogP contribution in [0.1, 0.15) is 29.8 Å². The number of benzene rings is 2. The minimum atomic E-state index is -2.95. The second-order valence-electron chi connectivity index (χ2n) is 7.17. The zero-order valence-corrected chi connectivity index (χ0v) is 17.8. The lowest BCUT2D eigenvalue weighted by Crippen LogP contribution is -2.36. The molecule has 0 saturated carbocycles. The Labute approximate surface area is 185 Å². The van der Waals surface area contributed by atoms with Crippen LogP contribution in [-0.2, 0) is 4.79 Å². The summed E-state index contributed by atoms with van der Waals surface area (Å²) in [6, 6.07) is 12.0. The standard InChI is InChI=1S/C23H26F2N2O5/c1-15(2)14-31-18-9-5-17(6-10-18)21(29)27-20(22(30)26-11-12-28)13-16-3-7-19(8-4-16)32-23(24)25/h3-10,13,15,23,28H,11-12,14H2,1-2H3,(H,26,30)(H,27,29)/b20-13+. The Hall–Kier alpha value is -3.46. The van der Waals surface area contributed by atoms with Crippen molar-refractivity contribution in [2.75, 3.05) is 19.8 Å². The van der Waals surface area contributed by atoms with Crippen LogP contribution in [0.4, 0.5) is 8.78 Å². The minimum absolute atomic E-state index is 0.00486. The highest BCUT2D eigenvalue weighted by atomic mass is 19.3. The molecule has 0 bridgehead atoms. The molecule has 0 heterocycles. The van der Waals surface area contributed by atoms with E-state index in [9.17, 15) is 18.4 Å². The molecule has 0 unspecified atom stereocenters. The average Bonchev–Trinajstić information content (AvgIpc) is 2.76. The van der Waals surface area contributed by atoms with Gasteiger partial charge in [-0.25, -0.2) is 0 Å². The molecule has 0 atom stereocenters. The van der Waals surface area contributed by atoms with Crippen LogP contribution in [0.3, 0.4) is 0 Å². The van der Waals surface area contributed by atoms with Gasteiger partial charge in [0.25, 0.3) is 11.8 Å². The highest BCUT2D eigenvalue weighted by Crippen LogP contribution is 2.17. The van der Waals surface area contributed by atoms with Crippen LogP contribution < -0.4 is 20.1 Å². The van der Waals surface area contributed by atoms with Gasteiger partial charge >= 0.3 is 6.61 Å². The summed E-state index contributed by atoms with van der Waals surface area (Å²) in [6.45, 7) is 1.37. The van der Waals surface area contributed by atoms with Crippen LogP contribution in [0.2, 0.25) is 0 Å². The Morgan fingerprint density at radius 1 is 1.03 bits per heavy atom. The first-order valence-corrected chi connectivity index (χ1v) is 9.98. The number of hydrogen-bond acceptors (Lipinski definition) is 5. The lowest BCUT2D eigenvalue weighted by molar-refractivity contribution is -0.117. The molecular formula is C23H26F2N2O5. The predicted molar refractivity (Wildman–Crippen MR) is 115 cm³/mol. The van der Waals surface area contributed by atoms with Crippen LogP contribution >= 0.6 is 0 Å². The summed E-state index contributed by atoms with van der Waals surface area (Å²) in [5.74, 6) is -0.190. The van der Waals surface area contributed by atoms with E-state index >= 15 is 0 Å². The van der Waals surface area contributed by atoms with Crippen molar-refractivity contribution in [2.24, 2.45) is 5.92 Å². The first kappa shape index (κ1) is 24.8. The number of halogens is 2. The Morgan fingerprint density at radius 2 is 1.66 bits per heavy atom. The quantitative estimate of drug-likeness (QED) is 0.459. The normalized spacial score (nSPS) is 11.4. The van der Waals surface area contributed by atoms with E-state index in [-0.39, 0.29) is 24.6 Å². The van der Waals surface area contributed by atoms with Gasteiger partial charge in [0.05, 0.1) is 13.2 Å². The van der Waals surface area contributed by atoms with Crippen molar-refractivity contribution in [3.63, 3.8) is 0 Å². The van der Waals surface area contributed by atoms with E-state index in [4.69, 9.17) is 9.84 Å². The van der Waals surface area contributed by atoms with E-state index in [2.05, 4.69) is 15.4 Å². The molecule has 0 spiro atoms. The third kappa shape index (κ3) is 8.35. The maximum Gasteiger partial charge on any atom is 0.387 e. The second-order valence-corrected chi connectivity index (χ2v) is 7.17. The number of aliphatic hydroxyl groups excluding tert-OH is 1. The van der Waals surface area contributed by atoms with Crippen molar-refractivity contribution in [3.8, 4) is 11.5 Å². The number of aliphatic hydroxyl groups is 1. The fraction of sp³-hybridized carbons (Fsp3) is 0.304. The van der Waals surface area contributed by atoms with Gasteiger partial charge in [0, 0.05) is 12.1 Å². The number of rotatable bonds is 11. The number of nitrogens with one attached hydrogen (secondary N) is 2. The number of hydrogen-bond donors (Lipinski definition) is 3. The number of ether oxygens (including phenoxy) is 2. The van der Waals surface area contributed by atoms with Gasteiger partial charge in [0.15, 0.2) is 0 Å². The Morgan fingerprint density at radius 3 is 2.22 bits per heavy atom. The third-order valence-electron chi connectivity index (χ3n) is 4.01. The van der Waals surface area contributed by atoms with E-state index in [1.165, 1.54) is 30.3 Å². The fourth-order valence-electron chi connectivity index (χ4n) is 2.50. The smallest absolute Gasteiger partial charge is 0.387 e. The summed E-state index contributed by atoms with van der Waals surface area (Å²) in [6.07, 6.45) is 1.39. The number of amides is 2. The summed E-state index contributed by atoms with van der Waals surface area (Å²) in [7, 11) is 0. The van der Waals surface area contributed by atoms with E-state index < -0.39 is 18.4 Å². The molecule has 2 aromatic carbocycles. The van der Waals surface area contributed by atoms with Gasteiger partial charge in [-0.05, 0) is 54.0 Å². The fourth-order valence-corrected chi connectivity index (χ4v) is 2.50. The SMILES string of the molecule is CC(C)COc1ccc(C(=O)N/C(=C/c2ccc(OC(F)F)cc2)C(=O)NCCO)cc1. The molecule has 2 amide bonds. The molecule has 3 N–H and O–H groups in total. The molecule has 0 aliphatic heterocycles. The van der Waals surface area contributed by atoms with Crippen LogP contribution in [0, 0.1) is 5.92 Å². The Kier molecular flexibility index (Phi) is 9.62. The van der Waals surface area contributed by atoms with E-state index in [1.807, 2.05) is 13.8 Å². The van der Waals surface area contributed by atoms with Crippen LogP contribution in [0.5, 0.6) is 11.5 Å². The predicted octanol–water partition coefficient (Wildman–Crippen LogP) is 3.20. The number of carbonyl (C=O) groups is 2. The zero-order valence-electron chi connectivity index (χ0n) is 17.8. The summed E-state index contributed by atoms with van der Waals surface area (Å²) in [5.41, 5.74) is 0.702. The molecule has 0 fully saturated rings. The van der Waals surface area contributed by atoms with Gasteiger partial charge in [-0.1, -0.05) is 26.0 Å². The number of alkyl halides is 2. The van der Waals surface area contributed by atoms with Gasteiger partial charge in [0.1, 0.15) is 17.2 Å². The largest absolute Gasteiger partial charge is 0.493 e. The van der Waals surface area contributed by atoms with Crippen LogP contribution in [0.15, 0.2) is 54.2 Å². The Balaban J connectivity index is 2.16. The zero-order chi connectivity index (χ0) is 23.5. The lowest BCUT2D eigenvalue weighted by Gasteiger charge is -2.12. The highest BCUT2D eigenvalue weighted by Gasteiger charge is 2.15. The minimum Gasteiger partial charge on any atom is -0.493 e. The van der Waals surface area contributed by atoms with Crippen LogP contribution in [0.25, 0.3) is 6.08 Å². The molecule has 172 valence electrons. The van der Waals surface area contributed by atoms with Crippen LogP contribution in [-0.4, -0.2) is 43.3 Å². The first-order chi connectivity index (χ1) is 15.3. The topological polar surface area (TPSA) is 96.9 Å². The molecule has 0 aromatic heterocycles. The molecule has 2 aromatic rings. The van der Waals surface area contributed by atoms with Gasteiger partial charge in [-0.2, -0.15) is 8.78 Å². The monoisotopic (exact) mass is 448 g/mol. The lowest BCUT2D eigenvalue weighted by atomic mass is 10.1. The van der Waals surface area contributed by atoms with E-state index in [0.717, 1.165) is 0 Å². The molecule has 2 rings (SSSR count). The van der Waals surface area contributed by atoms with Gasteiger partial charge in [-0.15, -0.1) is 0 Å². The molecule has 7 nitrogen and oxygen atoms in total. The van der Waals surface area contributed by atoms with Crippen molar-refractivity contribution in [1.82, 2.24) is 10.6 Å². The molecule has 0 radical (unpaired) electrons. The summed E-state index contributed by atoms with van der Waals surface area (Å²) in [5, 5.41) is 14.0. The molecule has 0 saturated heterocycles. The first-order valence-electron chi connectivity index (χ1n) is 9.98. The van der Waals surface area contributed by atoms with E-state index in [0.29, 0.717) is 29.4 Å². The second kappa shape index (κ2) is 12.4. The van der Waals surface area contributed by atoms with Gasteiger partial charge in [0.2, 0.25) is 0 Å². The maximum absolute atomic E-state index is 12.7. The summed E-state index contributed by atoms with van der Waals surface area (Å²) < 4.78 is 34.5. The summed E-state index contributed by atoms with van der Waals surface area (Å²) in [4.78, 5) is 25.1. The van der Waals surface area contributed by atoms with Gasteiger partial charge < -0.3 is 25.2 Å². The van der Waals surface area contributed by atoms with E-state index in [1.54, 1.807) is 24.3 Å². The van der Waals surface area contributed by atoms with Crippen molar-refractivity contribution < 1.29 is 33.0 Å². The molecule has 0 aliphatic rings.